The monoisotopic (exact) mass is 444 g/mol. The highest BCUT2D eigenvalue weighted by Gasteiger charge is 2.29. The number of anilines is 1. The van der Waals surface area contributed by atoms with Gasteiger partial charge >= 0.3 is 0 Å². The molecule has 5 rings (SSSR count). The fourth-order valence-corrected chi connectivity index (χ4v) is 7.50. The molecule has 0 bridgehead atoms. The maximum absolute atomic E-state index is 13.2. The van der Waals surface area contributed by atoms with Gasteiger partial charge in [0, 0.05) is 23.9 Å². The van der Waals surface area contributed by atoms with Gasteiger partial charge in [-0.3, -0.25) is 4.21 Å². The molecule has 4 aromatic heterocycles. The Labute approximate surface area is 178 Å². The van der Waals surface area contributed by atoms with Crippen LogP contribution in [-0.4, -0.2) is 34.0 Å². The summed E-state index contributed by atoms with van der Waals surface area (Å²) in [5, 5.41) is 3.59. The zero-order valence-corrected chi connectivity index (χ0v) is 18.5. The molecule has 150 valence electrons. The highest BCUT2D eigenvalue weighted by molar-refractivity contribution is 7.88. The summed E-state index contributed by atoms with van der Waals surface area (Å²) < 4.78 is 15.9. The first-order valence-corrected chi connectivity index (χ1v) is 12.3. The summed E-state index contributed by atoms with van der Waals surface area (Å²) in [7, 11) is 0.832. The van der Waals surface area contributed by atoms with Gasteiger partial charge in [0.2, 0.25) is 0 Å². The molecule has 1 aliphatic rings. The van der Waals surface area contributed by atoms with E-state index in [0.717, 1.165) is 56.6 Å². The van der Waals surface area contributed by atoms with Gasteiger partial charge in [0.15, 0.2) is 10.8 Å². The largest absolute Gasteiger partial charge is 0.396 e. The third kappa shape index (κ3) is 3.10. The second-order valence-corrected chi connectivity index (χ2v) is 11.0. The van der Waals surface area contributed by atoms with Crippen molar-refractivity contribution in [1.82, 2.24) is 24.5 Å². The number of fused-ring (bicyclic) bond motifs is 1. The van der Waals surface area contributed by atoms with Crippen molar-refractivity contribution in [2.75, 3.05) is 5.73 Å². The van der Waals surface area contributed by atoms with Crippen molar-refractivity contribution in [2.45, 2.75) is 42.1 Å². The molecule has 4 heterocycles. The molecule has 1 unspecified atom stereocenters. The van der Waals surface area contributed by atoms with Gasteiger partial charge in [-0.15, -0.1) is 22.7 Å². The fraction of sp³-hybridized carbons (Fsp3) is 0.368. The molecule has 0 spiro atoms. The molecule has 1 saturated carbocycles. The second-order valence-electron chi connectivity index (χ2n) is 7.17. The van der Waals surface area contributed by atoms with E-state index in [1.807, 2.05) is 23.9 Å². The van der Waals surface area contributed by atoms with Gasteiger partial charge in [-0.25, -0.2) is 19.9 Å². The van der Waals surface area contributed by atoms with Crippen molar-refractivity contribution in [1.29, 1.82) is 0 Å². The van der Waals surface area contributed by atoms with Crippen LogP contribution >= 0.6 is 22.7 Å². The van der Waals surface area contributed by atoms with Crippen LogP contribution in [0, 0.1) is 6.92 Å². The summed E-state index contributed by atoms with van der Waals surface area (Å²) in [5.74, 6) is 1.44. The number of nitrogen functional groups attached to an aromatic ring is 1. The summed E-state index contributed by atoms with van der Waals surface area (Å²) in [6.07, 6.45) is 7.79. The van der Waals surface area contributed by atoms with E-state index < -0.39 is 10.8 Å². The number of rotatable bonds is 4. The summed E-state index contributed by atoms with van der Waals surface area (Å²) in [6, 6.07) is 0. The SMILES string of the molecule is Cc1ncc(-c2nc(-c3nccs3)nc3sc(S(=O)C4CCCC4)c(N)c23)n1C. The van der Waals surface area contributed by atoms with Crippen molar-refractivity contribution >= 4 is 49.4 Å². The van der Waals surface area contributed by atoms with Crippen molar-refractivity contribution in [3.63, 3.8) is 0 Å². The van der Waals surface area contributed by atoms with E-state index in [4.69, 9.17) is 15.7 Å². The average molecular weight is 445 g/mol. The van der Waals surface area contributed by atoms with Crippen molar-refractivity contribution in [3.8, 4) is 22.2 Å². The Bertz CT molecular complexity index is 1220. The number of hydrogen-bond acceptors (Lipinski definition) is 8. The lowest BCUT2D eigenvalue weighted by molar-refractivity contribution is 0.671. The molecule has 0 amide bonds. The minimum absolute atomic E-state index is 0.180. The van der Waals surface area contributed by atoms with Gasteiger partial charge < -0.3 is 10.3 Å². The molecular formula is C19H20N6OS3. The highest BCUT2D eigenvalue weighted by atomic mass is 32.2. The normalized spacial score (nSPS) is 16.1. The van der Waals surface area contributed by atoms with Crippen LogP contribution in [0.1, 0.15) is 31.5 Å². The Morgan fingerprint density at radius 1 is 1.24 bits per heavy atom. The van der Waals surface area contributed by atoms with E-state index in [2.05, 4.69) is 9.97 Å². The minimum atomic E-state index is -1.12. The third-order valence-corrected chi connectivity index (χ3v) is 9.50. The van der Waals surface area contributed by atoms with Crippen LogP contribution in [0.15, 0.2) is 22.0 Å². The second kappa shape index (κ2) is 7.26. The van der Waals surface area contributed by atoms with Crippen molar-refractivity contribution in [2.24, 2.45) is 7.05 Å². The van der Waals surface area contributed by atoms with Gasteiger partial charge in [0.05, 0.1) is 33.8 Å². The molecule has 1 atom stereocenters. The van der Waals surface area contributed by atoms with Crippen LogP contribution < -0.4 is 5.73 Å². The number of imidazole rings is 1. The van der Waals surface area contributed by atoms with Gasteiger partial charge in [0.25, 0.3) is 0 Å². The molecule has 0 radical (unpaired) electrons. The number of thiophene rings is 1. The van der Waals surface area contributed by atoms with Crippen LogP contribution in [-0.2, 0) is 17.8 Å². The molecule has 0 aliphatic heterocycles. The van der Waals surface area contributed by atoms with Gasteiger partial charge in [-0.05, 0) is 19.8 Å². The lowest BCUT2D eigenvalue weighted by atomic mass is 10.2. The van der Waals surface area contributed by atoms with Crippen LogP contribution in [0.5, 0.6) is 0 Å². The zero-order chi connectivity index (χ0) is 20.1. The summed E-state index contributed by atoms with van der Waals surface area (Å²) in [4.78, 5) is 19.1. The van der Waals surface area contributed by atoms with E-state index in [-0.39, 0.29) is 5.25 Å². The molecule has 29 heavy (non-hydrogen) atoms. The molecule has 2 N–H and O–H groups in total. The van der Waals surface area contributed by atoms with Crippen LogP contribution in [0.25, 0.3) is 32.4 Å². The van der Waals surface area contributed by atoms with Crippen molar-refractivity contribution in [3.05, 3.63) is 23.6 Å². The molecule has 1 fully saturated rings. The van der Waals surface area contributed by atoms with Crippen LogP contribution in [0.2, 0.25) is 0 Å². The predicted octanol–water partition coefficient (Wildman–Crippen LogP) is 4.16. The summed E-state index contributed by atoms with van der Waals surface area (Å²) in [5.41, 5.74) is 8.67. The molecule has 4 aromatic rings. The first-order valence-electron chi connectivity index (χ1n) is 9.43. The Kier molecular flexibility index (Phi) is 4.72. The molecule has 0 saturated heterocycles. The standard InChI is InChI=1S/C19H20N6OS3/c1-10-22-9-12(25(10)2)15-13-14(20)19(29(26)11-5-3-4-6-11)28-17(13)24-16(23-15)18-21-7-8-27-18/h7-9,11H,3-6,20H2,1-2H3. The maximum Gasteiger partial charge on any atom is 0.190 e. The van der Waals surface area contributed by atoms with E-state index in [1.165, 1.54) is 22.7 Å². The number of aromatic nitrogens is 5. The molecule has 1 aliphatic carbocycles. The van der Waals surface area contributed by atoms with Crippen LogP contribution in [0.3, 0.4) is 0 Å². The smallest absolute Gasteiger partial charge is 0.190 e. The first-order chi connectivity index (χ1) is 14.0. The Morgan fingerprint density at radius 3 is 2.69 bits per heavy atom. The molecular weight excluding hydrogens is 424 g/mol. The Balaban J connectivity index is 1.76. The van der Waals surface area contributed by atoms with Crippen LogP contribution in [0.4, 0.5) is 5.69 Å². The Hall–Kier alpha value is -2.17. The maximum atomic E-state index is 13.2. The number of aryl methyl sites for hydroxylation is 1. The molecule has 10 heteroatoms. The predicted molar refractivity (Wildman–Crippen MR) is 119 cm³/mol. The van der Waals surface area contributed by atoms with E-state index in [1.54, 1.807) is 12.4 Å². The topological polar surface area (TPSA) is 99.6 Å². The number of nitrogens with two attached hydrogens (primary N) is 1. The first kappa shape index (κ1) is 18.8. The van der Waals surface area contributed by atoms with E-state index in [9.17, 15) is 4.21 Å². The number of hydrogen-bond donors (Lipinski definition) is 1. The highest BCUT2D eigenvalue weighted by Crippen LogP contribution is 2.43. The fourth-order valence-electron chi connectivity index (χ4n) is 3.74. The summed E-state index contributed by atoms with van der Waals surface area (Å²) in [6.45, 7) is 1.95. The van der Waals surface area contributed by atoms with Crippen molar-refractivity contribution < 1.29 is 4.21 Å². The quantitative estimate of drug-likeness (QED) is 0.507. The Morgan fingerprint density at radius 2 is 2.03 bits per heavy atom. The zero-order valence-electron chi connectivity index (χ0n) is 16.1. The molecule has 0 aromatic carbocycles. The lowest BCUT2D eigenvalue weighted by Gasteiger charge is -2.09. The lowest BCUT2D eigenvalue weighted by Crippen LogP contribution is -2.10. The molecule has 7 nitrogen and oxygen atoms in total. The number of thiazole rings is 1. The van der Waals surface area contributed by atoms with E-state index in [0.29, 0.717) is 17.2 Å². The van der Waals surface area contributed by atoms with Gasteiger partial charge in [-0.2, -0.15) is 0 Å². The average Bonchev–Trinajstić information content (AvgIpc) is 3.50. The van der Waals surface area contributed by atoms with Gasteiger partial charge in [0.1, 0.15) is 20.6 Å². The van der Waals surface area contributed by atoms with E-state index >= 15 is 0 Å². The number of nitrogens with zero attached hydrogens (tertiary/aromatic N) is 5. The third-order valence-electron chi connectivity index (χ3n) is 5.43. The minimum Gasteiger partial charge on any atom is -0.396 e. The van der Waals surface area contributed by atoms with Gasteiger partial charge in [-0.1, -0.05) is 12.8 Å². The summed E-state index contributed by atoms with van der Waals surface area (Å²) >= 11 is 2.91.